The third kappa shape index (κ3) is 4.28. The highest BCUT2D eigenvalue weighted by Gasteiger charge is 2.28. The molecular formula is C16H22N2O3. The molecule has 1 aliphatic rings. The van der Waals surface area contributed by atoms with Crippen molar-refractivity contribution in [2.24, 2.45) is 11.8 Å². The quantitative estimate of drug-likeness (QED) is 0.863. The summed E-state index contributed by atoms with van der Waals surface area (Å²) in [5.41, 5.74) is 0.400. The number of amides is 1. The van der Waals surface area contributed by atoms with Crippen LogP contribution in [-0.2, 0) is 9.53 Å². The first-order valence-corrected chi connectivity index (χ1v) is 7.44. The fourth-order valence-electron chi connectivity index (χ4n) is 2.74. The monoisotopic (exact) mass is 290 g/mol. The fourth-order valence-corrected chi connectivity index (χ4v) is 2.74. The lowest BCUT2D eigenvalue weighted by Gasteiger charge is -2.34. The number of nitrogens with one attached hydrogen (secondary N) is 1. The summed E-state index contributed by atoms with van der Waals surface area (Å²) in [6, 6.07) is 3.30. The molecule has 1 N–H and O–H groups in total. The molecule has 0 aliphatic heterocycles. The molecule has 1 heterocycles. The van der Waals surface area contributed by atoms with E-state index in [1.807, 2.05) is 0 Å². The molecule has 3 atom stereocenters. The van der Waals surface area contributed by atoms with Gasteiger partial charge >= 0.3 is 5.97 Å². The van der Waals surface area contributed by atoms with Gasteiger partial charge in [0.25, 0.3) is 5.91 Å². The van der Waals surface area contributed by atoms with Crippen molar-refractivity contribution in [1.82, 2.24) is 10.3 Å². The third-order valence-corrected chi connectivity index (χ3v) is 4.30. The van der Waals surface area contributed by atoms with Gasteiger partial charge < -0.3 is 10.1 Å². The summed E-state index contributed by atoms with van der Waals surface area (Å²) in [6.07, 6.45) is 6.37. The van der Waals surface area contributed by atoms with E-state index in [1.165, 1.54) is 18.8 Å². The summed E-state index contributed by atoms with van der Waals surface area (Å²) < 4.78 is 5.01. The Morgan fingerprint density at radius 2 is 2.00 bits per heavy atom. The molecule has 0 saturated heterocycles. The van der Waals surface area contributed by atoms with Gasteiger partial charge in [0.05, 0.1) is 5.56 Å². The highest BCUT2D eigenvalue weighted by molar-refractivity contribution is 5.91. The van der Waals surface area contributed by atoms with Crippen molar-refractivity contribution in [3.05, 3.63) is 30.1 Å². The first-order valence-electron chi connectivity index (χ1n) is 7.44. The number of nitrogens with zero attached hydrogens (tertiary/aromatic N) is 1. The van der Waals surface area contributed by atoms with E-state index in [0.29, 0.717) is 17.4 Å². The van der Waals surface area contributed by atoms with Gasteiger partial charge in [-0.2, -0.15) is 0 Å². The minimum absolute atomic E-state index is 0.181. The second-order valence-corrected chi connectivity index (χ2v) is 5.75. The van der Waals surface area contributed by atoms with Gasteiger partial charge in [0, 0.05) is 18.4 Å². The van der Waals surface area contributed by atoms with Crippen LogP contribution in [0.1, 0.15) is 43.5 Å². The van der Waals surface area contributed by atoms with Gasteiger partial charge in [-0.15, -0.1) is 0 Å². The van der Waals surface area contributed by atoms with Crippen LogP contribution >= 0.6 is 0 Å². The van der Waals surface area contributed by atoms with Gasteiger partial charge in [-0.25, -0.2) is 4.79 Å². The van der Waals surface area contributed by atoms with Crippen molar-refractivity contribution in [3.63, 3.8) is 0 Å². The molecule has 2 rings (SSSR count). The van der Waals surface area contributed by atoms with Crippen LogP contribution in [0.25, 0.3) is 0 Å². The van der Waals surface area contributed by atoms with Crippen LogP contribution < -0.4 is 5.32 Å². The molecule has 1 aromatic rings. The maximum Gasteiger partial charge on any atom is 0.338 e. The molecule has 21 heavy (non-hydrogen) atoms. The highest BCUT2D eigenvalue weighted by Crippen LogP contribution is 2.29. The number of pyridine rings is 1. The molecule has 1 amide bonds. The Morgan fingerprint density at radius 3 is 2.71 bits per heavy atom. The Hall–Kier alpha value is -1.91. The number of esters is 1. The lowest BCUT2D eigenvalue weighted by molar-refractivity contribution is -0.125. The van der Waals surface area contributed by atoms with Crippen LogP contribution in [0.4, 0.5) is 0 Å². The van der Waals surface area contributed by atoms with Crippen molar-refractivity contribution < 1.29 is 14.3 Å². The normalized spacial score (nSPS) is 25.1. The molecule has 0 aromatic carbocycles. The summed E-state index contributed by atoms with van der Waals surface area (Å²) in [4.78, 5) is 27.5. The smallest absolute Gasteiger partial charge is 0.338 e. The molecule has 5 heteroatoms. The van der Waals surface area contributed by atoms with Gasteiger partial charge in [-0.05, 0) is 30.4 Å². The van der Waals surface area contributed by atoms with Gasteiger partial charge in [-0.1, -0.05) is 26.7 Å². The highest BCUT2D eigenvalue weighted by atomic mass is 16.5. The second kappa shape index (κ2) is 7.20. The summed E-state index contributed by atoms with van der Waals surface area (Å²) in [5.74, 6) is 0.336. The van der Waals surface area contributed by atoms with Crippen molar-refractivity contribution in [1.29, 1.82) is 0 Å². The Kier molecular flexibility index (Phi) is 5.31. The van der Waals surface area contributed by atoms with Crippen LogP contribution in [0.3, 0.4) is 0 Å². The van der Waals surface area contributed by atoms with E-state index in [0.717, 1.165) is 12.8 Å². The number of ether oxygens (including phenoxy) is 1. The number of hydrogen-bond acceptors (Lipinski definition) is 4. The van der Waals surface area contributed by atoms with Crippen LogP contribution in [0.15, 0.2) is 24.5 Å². The number of rotatable bonds is 4. The van der Waals surface area contributed by atoms with E-state index in [-0.39, 0.29) is 18.6 Å². The number of carbonyl (C=O) groups is 2. The molecule has 1 aromatic heterocycles. The lowest BCUT2D eigenvalue weighted by Crippen LogP contribution is -2.45. The van der Waals surface area contributed by atoms with Crippen molar-refractivity contribution in [2.75, 3.05) is 6.61 Å². The number of aromatic nitrogens is 1. The number of carbonyl (C=O) groups excluding carboxylic acids is 2. The Bertz CT molecular complexity index is 490. The van der Waals surface area contributed by atoms with Crippen molar-refractivity contribution >= 4 is 11.9 Å². The minimum Gasteiger partial charge on any atom is -0.452 e. The fraction of sp³-hybridized carbons (Fsp3) is 0.562. The molecular weight excluding hydrogens is 268 g/mol. The predicted octanol–water partition coefficient (Wildman–Crippen LogP) is 2.18. The molecule has 1 fully saturated rings. The first kappa shape index (κ1) is 15.5. The number of hydrogen-bond donors (Lipinski definition) is 1. The molecule has 5 nitrogen and oxygen atoms in total. The average molecular weight is 290 g/mol. The molecule has 0 radical (unpaired) electrons. The summed E-state index contributed by atoms with van der Waals surface area (Å²) in [7, 11) is 0. The summed E-state index contributed by atoms with van der Waals surface area (Å²) in [6.45, 7) is 4.14. The zero-order chi connectivity index (χ0) is 15.2. The standard InChI is InChI=1S/C16H22N2O3/c1-11-4-3-5-14(12(11)2)18-15(19)10-21-16(20)13-6-8-17-9-7-13/h6-9,11-12,14H,3-5,10H2,1-2H3,(H,18,19)/t11-,12+,14-/m0/s1. The Morgan fingerprint density at radius 1 is 1.29 bits per heavy atom. The Balaban J connectivity index is 1.78. The molecule has 0 bridgehead atoms. The molecule has 1 saturated carbocycles. The maximum atomic E-state index is 11.9. The SMILES string of the molecule is C[C@H]1[C@@H](NC(=O)COC(=O)c2ccncc2)CCC[C@@H]1C. The van der Waals surface area contributed by atoms with Gasteiger partial charge in [0.15, 0.2) is 6.61 Å². The van der Waals surface area contributed by atoms with E-state index < -0.39 is 5.97 Å². The molecule has 114 valence electrons. The maximum absolute atomic E-state index is 11.9. The van der Waals surface area contributed by atoms with E-state index in [2.05, 4.69) is 24.1 Å². The van der Waals surface area contributed by atoms with Crippen LogP contribution in [0.5, 0.6) is 0 Å². The van der Waals surface area contributed by atoms with Crippen LogP contribution in [0, 0.1) is 11.8 Å². The topological polar surface area (TPSA) is 68.3 Å². The van der Waals surface area contributed by atoms with Crippen molar-refractivity contribution in [2.45, 2.75) is 39.2 Å². The summed E-state index contributed by atoms with van der Waals surface area (Å²) in [5, 5.41) is 2.98. The average Bonchev–Trinajstić information content (AvgIpc) is 2.50. The predicted molar refractivity (Wildman–Crippen MR) is 78.6 cm³/mol. The third-order valence-electron chi connectivity index (χ3n) is 4.30. The van der Waals surface area contributed by atoms with Crippen LogP contribution in [-0.4, -0.2) is 29.5 Å². The van der Waals surface area contributed by atoms with E-state index >= 15 is 0 Å². The molecule has 0 unspecified atom stereocenters. The first-order chi connectivity index (χ1) is 10.1. The van der Waals surface area contributed by atoms with E-state index in [9.17, 15) is 9.59 Å². The van der Waals surface area contributed by atoms with E-state index in [1.54, 1.807) is 12.1 Å². The van der Waals surface area contributed by atoms with Gasteiger partial charge in [-0.3, -0.25) is 9.78 Å². The zero-order valence-electron chi connectivity index (χ0n) is 12.5. The van der Waals surface area contributed by atoms with Crippen molar-refractivity contribution in [3.8, 4) is 0 Å². The summed E-state index contributed by atoms with van der Waals surface area (Å²) >= 11 is 0. The molecule has 0 spiro atoms. The largest absolute Gasteiger partial charge is 0.452 e. The molecule has 1 aliphatic carbocycles. The van der Waals surface area contributed by atoms with Gasteiger partial charge in [0.1, 0.15) is 0 Å². The zero-order valence-corrected chi connectivity index (χ0v) is 12.5. The second-order valence-electron chi connectivity index (χ2n) is 5.75. The van der Waals surface area contributed by atoms with Gasteiger partial charge in [0.2, 0.25) is 0 Å². The lowest BCUT2D eigenvalue weighted by atomic mass is 9.78. The van der Waals surface area contributed by atoms with E-state index in [4.69, 9.17) is 4.74 Å². The Labute approximate surface area is 125 Å². The minimum atomic E-state index is -0.502. The van der Waals surface area contributed by atoms with Crippen LogP contribution in [0.2, 0.25) is 0 Å².